The van der Waals surface area contributed by atoms with Gasteiger partial charge in [-0.3, -0.25) is 4.99 Å². The van der Waals surface area contributed by atoms with Gasteiger partial charge in [-0.15, -0.1) is 24.0 Å². The van der Waals surface area contributed by atoms with Crippen LogP contribution in [0.15, 0.2) is 4.99 Å². The predicted molar refractivity (Wildman–Crippen MR) is 96.8 cm³/mol. The van der Waals surface area contributed by atoms with E-state index >= 15 is 0 Å². The van der Waals surface area contributed by atoms with Gasteiger partial charge in [0.2, 0.25) is 0 Å². The molecule has 1 aliphatic carbocycles. The molecule has 0 radical (unpaired) electrons. The van der Waals surface area contributed by atoms with Crippen molar-refractivity contribution in [1.82, 2.24) is 9.80 Å². The molecule has 0 amide bonds. The molecular weight excluding hydrogens is 363 g/mol. The maximum atomic E-state index is 6.11. The van der Waals surface area contributed by atoms with Crippen LogP contribution in [0.25, 0.3) is 0 Å². The summed E-state index contributed by atoms with van der Waals surface area (Å²) < 4.78 is 0. The van der Waals surface area contributed by atoms with E-state index in [9.17, 15) is 0 Å². The third-order valence-corrected chi connectivity index (χ3v) is 4.66. The minimum atomic E-state index is 0. The molecular formula is C15H31IN4. The molecule has 2 N–H and O–H groups in total. The summed E-state index contributed by atoms with van der Waals surface area (Å²) in [5.74, 6) is 1.51. The van der Waals surface area contributed by atoms with Crippen LogP contribution in [-0.4, -0.2) is 55.0 Å². The van der Waals surface area contributed by atoms with Crippen LogP contribution in [0.4, 0.5) is 0 Å². The second kappa shape index (κ2) is 9.07. The van der Waals surface area contributed by atoms with Gasteiger partial charge in [-0.2, -0.15) is 0 Å². The van der Waals surface area contributed by atoms with Gasteiger partial charge in [-0.05, 0) is 38.6 Å². The van der Waals surface area contributed by atoms with E-state index < -0.39 is 0 Å². The van der Waals surface area contributed by atoms with E-state index in [2.05, 4.69) is 28.8 Å². The molecule has 1 unspecified atom stereocenters. The van der Waals surface area contributed by atoms with Gasteiger partial charge in [0.05, 0.1) is 6.54 Å². The topological polar surface area (TPSA) is 44.9 Å². The molecule has 4 nitrogen and oxygen atoms in total. The minimum Gasteiger partial charge on any atom is -0.370 e. The quantitative estimate of drug-likeness (QED) is 0.453. The van der Waals surface area contributed by atoms with Crippen LogP contribution in [-0.2, 0) is 0 Å². The van der Waals surface area contributed by atoms with Crippen molar-refractivity contribution in [3.8, 4) is 0 Å². The van der Waals surface area contributed by atoms with E-state index in [1.165, 1.54) is 38.5 Å². The lowest BCUT2D eigenvalue weighted by Crippen LogP contribution is -2.44. The number of halogens is 1. The maximum Gasteiger partial charge on any atom is 0.191 e. The second-order valence-electron chi connectivity index (χ2n) is 6.35. The van der Waals surface area contributed by atoms with E-state index in [1.54, 1.807) is 0 Å². The summed E-state index contributed by atoms with van der Waals surface area (Å²) in [5, 5.41) is 0. The van der Waals surface area contributed by atoms with Gasteiger partial charge in [0.1, 0.15) is 0 Å². The number of likely N-dealkylation sites (tertiary alicyclic amines) is 1. The Labute approximate surface area is 141 Å². The number of likely N-dealkylation sites (N-methyl/N-ethyl adjacent to an activating group) is 1. The summed E-state index contributed by atoms with van der Waals surface area (Å²) in [6, 6.07) is 0.784. The molecule has 1 atom stereocenters. The van der Waals surface area contributed by atoms with Gasteiger partial charge in [-0.25, -0.2) is 0 Å². The Morgan fingerprint density at radius 2 is 1.95 bits per heavy atom. The van der Waals surface area contributed by atoms with Crippen molar-refractivity contribution in [2.75, 3.05) is 33.2 Å². The molecule has 2 rings (SSSR count). The van der Waals surface area contributed by atoms with Crippen LogP contribution >= 0.6 is 24.0 Å². The van der Waals surface area contributed by atoms with Crippen molar-refractivity contribution in [2.24, 2.45) is 16.6 Å². The summed E-state index contributed by atoms with van der Waals surface area (Å²) >= 11 is 0. The van der Waals surface area contributed by atoms with Crippen molar-refractivity contribution in [3.63, 3.8) is 0 Å². The third kappa shape index (κ3) is 5.39. The molecule has 118 valence electrons. The van der Waals surface area contributed by atoms with Crippen molar-refractivity contribution < 1.29 is 0 Å². The average molecular weight is 394 g/mol. The molecule has 2 fully saturated rings. The van der Waals surface area contributed by atoms with Crippen molar-refractivity contribution >= 4 is 29.9 Å². The number of nitrogens with two attached hydrogens (primary N) is 1. The summed E-state index contributed by atoms with van der Waals surface area (Å²) in [7, 11) is 2.23. The van der Waals surface area contributed by atoms with Gasteiger partial charge in [0.15, 0.2) is 5.96 Å². The fraction of sp³-hybridized carbons (Fsp3) is 0.933. The highest BCUT2D eigenvalue weighted by Gasteiger charge is 2.19. The van der Waals surface area contributed by atoms with Gasteiger partial charge in [-0.1, -0.05) is 19.8 Å². The van der Waals surface area contributed by atoms with Crippen LogP contribution in [0.3, 0.4) is 0 Å². The van der Waals surface area contributed by atoms with Gasteiger partial charge < -0.3 is 15.5 Å². The summed E-state index contributed by atoms with van der Waals surface area (Å²) in [6.45, 7) is 6.33. The molecule has 0 aromatic rings. The van der Waals surface area contributed by atoms with E-state index in [1.807, 2.05) is 0 Å². The van der Waals surface area contributed by atoms with Crippen LogP contribution in [0, 0.1) is 5.92 Å². The molecule has 1 aliphatic heterocycles. The molecule has 0 spiro atoms. The smallest absolute Gasteiger partial charge is 0.191 e. The first-order valence-electron chi connectivity index (χ1n) is 7.92. The Kier molecular flexibility index (Phi) is 8.17. The molecule has 0 aromatic carbocycles. The molecule has 1 heterocycles. The molecule has 20 heavy (non-hydrogen) atoms. The summed E-state index contributed by atoms with van der Waals surface area (Å²) in [5.41, 5.74) is 6.11. The minimum absolute atomic E-state index is 0. The highest BCUT2D eigenvalue weighted by molar-refractivity contribution is 14.0. The highest BCUT2D eigenvalue weighted by Crippen LogP contribution is 2.22. The van der Waals surface area contributed by atoms with Crippen LogP contribution in [0.5, 0.6) is 0 Å². The molecule has 5 heteroatoms. The summed E-state index contributed by atoms with van der Waals surface area (Å²) in [4.78, 5) is 9.29. The Hall–Kier alpha value is -0.0400. The largest absolute Gasteiger partial charge is 0.370 e. The molecule has 1 saturated carbocycles. The van der Waals surface area contributed by atoms with E-state index in [-0.39, 0.29) is 24.0 Å². The number of piperidine rings is 1. The van der Waals surface area contributed by atoms with E-state index in [4.69, 9.17) is 5.73 Å². The Balaban J connectivity index is 0.00000200. The molecule has 1 saturated heterocycles. The maximum absolute atomic E-state index is 6.11. The number of nitrogens with zero attached hydrogens (tertiary/aromatic N) is 3. The molecule has 0 aromatic heterocycles. The standard InChI is InChI=1S/C15H30N4.HI/c1-13-6-5-10-19(12-13)15(16)17-9-11-18(2)14-7-3-4-8-14;/h13-14H,3-12H2,1-2H3,(H2,16,17);1H. The second-order valence-corrected chi connectivity index (χ2v) is 6.35. The number of hydrogen-bond donors (Lipinski definition) is 1. The lowest BCUT2D eigenvalue weighted by molar-refractivity contribution is 0.250. The number of guanidine groups is 1. The van der Waals surface area contributed by atoms with Crippen LogP contribution in [0.2, 0.25) is 0 Å². The zero-order valence-corrected chi connectivity index (χ0v) is 15.4. The predicted octanol–water partition coefficient (Wildman–Crippen LogP) is 2.53. The Bertz CT molecular complexity index is 302. The van der Waals surface area contributed by atoms with Gasteiger partial charge in [0, 0.05) is 25.7 Å². The van der Waals surface area contributed by atoms with Crippen LogP contribution < -0.4 is 5.73 Å². The molecule has 0 bridgehead atoms. The SMILES string of the molecule is CC1CCCN(C(N)=NCCN(C)C2CCCC2)C1.I. The van der Waals surface area contributed by atoms with Gasteiger partial charge >= 0.3 is 0 Å². The lowest BCUT2D eigenvalue weighted by Gasteiger charge is -2.31. The number of aliphatic imine (C=N–C) groups is 1. The van der Waals surface area contributed by atoms with Crippen molar-refractivity contribution in [2.45, 2.75) is 51.5 Å². The number of rotatable bonds is 4. The van der Waals surface area contributed by atoms with E-state index in [0.29, 0.717) is 0 Å². The highest BCUT2D eigenvalue weighted by atomic mass is 127. The zero-order chi connectivity index (χ0) is 13.7. The Morgan fingerprint density at radius 1 is 1.25 bits per heavy atom. The van der Waals surface area contributed by atoms with E-state index in [0.717, 1.165) is 44.1 Å². The first kappa shape index (κ1) is 18.0. The first-order valence-corrected chi connectivity index (χ1v) is 7.92. The summed E-state index contributed by atoms with van der Waals surface area (Å²) in [6.07, 6.45) is 8.09. The monoisotopic (exact) mass is 394 g/mol. The Morgan fingerprint density at radius 3 is 2.60 bits per heavy atom. The first-order chi connectivity index (χ1) is 9.16. The fourth-order valence-corrected chi connectivity index (χ4v) is 3.35. The molecule has 2 aliphatic rings. The lowest BCUT2D eigenvalue weighted by atomic mass is 10.0. The van der Waals surface area contributed by atoms with Crippen molar-refractivity contribution in [1.29, 1.82) is 0 Å². The number of hydrogen-bond acceptors (Lipinski definition) is 2. The van der Waals surface area contributed by atoms with Crippen molar-refractivity contribution in [3.05, 3.63) is 0 Å². The van der Waals surface area contributed by atoms with Gasteiger partial charge in [0.25, 0.3) is 0 Å². The van der Waals surface area contributed by atoms with Crippen LogP contribution in [0.1, 0.15) is 45.4 Å². The fourth-order valence-electron chi connectivity index (χ4n) is 3.35. The zero-order valence-electron chi connectivity index (χ0n) is 13.1. The third-order valence-electron chi connectivity index (χ3n) is 4.66. The normalized spacial score (nSPS) is 25.1. The average Bonchev–Trinajstić information content (AvgIpc) is 2.92.